The summed E-state index contributed by atoms with van der Waals surface area (Å²) in [7, 11) is 0. The summed E-state index contributed by atoms with van der Waals surface area (Å²) in [5.41, 5.74) is 0. The van der Waals surface area contributed by atoms with Crippen molar-refractivity contribution in [3.8, 4) is 0 Å². The van der Waals surface area contributed by atoms with Crippen LogP contribution in [-0.4, -0.2) is 31.4 Å². The van der Waals surface area contributed by atoms with Crippen LogP contribution in [0.1, 0.15) is 33.6 Å². The molecule has 0 aliphatic carbocycles. The number of allylic oxidation sites excluding steroid dienone is 1. The molecule has 0 N–H and O–H groups in total. The molecule has 0 spiro atoms. The van der Waals surface area contributed by atoms with Gasteiger partial charge in [-0.05, 0) is 25.8 Å². The molecule has 0 aromatic heterocycles. The van der Waals surface area contributed by atoms with Crippen molar-refractivity contribution in [2.75, 3.05) is 13.2 Å². The highest BCUT2D eigenvalue weighted by atomic mass is 16.6. The molecule has 1 aliphatic heterocycles. The normalized spacial score (nSPS) is 25.1. The van der Waals surface area contributed by atoms with E-state index in [9.17, 15) is 4.79 Å². The van der Waals surface area contributed by atoms with Crippen molar-refractivity contribution in [3.63, 3.8) is 0 Å². The molecular formula is C13H22O4. The van der Waals surface area contributed by atoms with Crippen LogP contribution in [0, 0.1) is 5.92 Å². The Hall–Kier alpha value is -1.03. The molecule has 3 unspecified atom stereocenters. The van der Waals surface area contributed by atoms with Crippen LogP contribution in [0.5, 0.6) is 0 Å². The largest absolute Gasteiger partial charge is 0.494 e. The first-order valence-corrected chi connectivity index (χ1v) is 6.19. The molecule has 0 aromatic rings. The molecule has 0 bridgehead atoms. The fraction of sp³-hybridized carbons (Fsp3) is 0.769. The Morgan fingerprint density at radius 2 is 2.29 bits per heavy atom. The number of esters is 1. The zero-order valence-corrected chi connectivity index (χ0v) is 10.8. The lowest BCUT2D eigenvalue weighted by molar-refractivity contribution is -0.146. The molecule has 17 heavy (non-hydrogen) atoms. The highest BCUT2D eigenvalue weighted by molar-refractivity contribution is 5.65. The average molecular weight is 242 g/mol. The second kappa shape index (κ2) is 7.33. The van der Waals surface area contributed by atoms with Gasteiger partial charge in [-0.1, -0.05) is 6.92 Å². The van der Waals surface area contributed by atoms with Gasteiger partial charge in [-0.15, -0.1) is 0 Å². The number of hydrogen-bond donors (Lipinski definition) is 0. The third-order valence-electron chi connectivity index (χ3n) is 2.93. The fourth-order valence-electron chi connectivity index (χ4n) is 1.61. The molecule has 4 heteroatoms. The third kappa shape index (κ3) is 5.22. The standard InChI is InChI=1S/C13H22O4/c1-4-10(2)16-8-12-6-5-7-15-13(12)9-17-11(3)14/h5,7,10,12-13H,4,6,8-9H2,1-3H3. The van der Waals surface area contributed by atoms with E-state index in [1.165, 1.54) is 6.92 Å². The maximum absolute atomic E-state index is 10.8. The Labute approximate surface area is 103 Å². The van der Waals surface area contributed by atoms with E-state index in [0.717, 1.165) is 12.8 Å². The van der Waals surface area contributed by atoms with Crippen LogP contribution in [-0.2, 0) is 19.0 Å². The van der Waals surface area contributed by atoms with Crippen LogP contribution in [0.2, 0.25) is 0 Å². The predicted molar refractivity (Wildman–Crippen MR) is 64.5 cm³/mol. The molecule has 1 rings (SSSR count). The van der Waals surface area contributed by atoms with E-state index in [-0.39, 0.29) is 24.1 Å². The van der Waals surface area contributed by atoms with Crippen LogP contribution >= 0.6 is 0 Å². The van der Waals surface area contributed by atoms with E-state index in [2.05, 4.69) is 13.8 Å². The van der Waals surface area contributed by atoms with Gasteiger partial charge in [0.1, 0.15) is 12.7 Å². The number of carbonyl (C=O) groups excluding carboxylic acids is 1. The van der Waals surface area contributed by atoms with Crippen molar-refractivity contribution in [1.29, 1.82) is 0 Å². The molecule has 1 heterocycles. The van der Waals surface area contributed by atoms with Gasteiger partial charge in [-0.25, -0.2) is 0 Å². The number of hydrogen-bond acceptors (Lipinski definition) is 4. The van der Waals surface area contributed by atoms with Crippen LogP contribution in [0.25, 0.3) is 0 Å². The van der Waals surface area contributed by atoms with Gasteiger partial charge in [0.05, 0.1) is 19.0 Å². The molecule has 0 fully saturated rings. The van der Waals surface area contributed by atoms with Gasteiger partial charge in [0.2, 0.25) is 0 Å². The summed E-state index contributed by atoms with van der Waals surface area (Å²) in [5.74, 6) is -0.0157. The lowest BCUT2D eigenvalue weighted by atomic mass is 9.98. The van der Waals surface area contributed by atoms with Crippen molar-refractivity contribution in [2.45, 2.75) is 45.8 Å². The molecule has 1 aliphatic rings. The quantitative estimate of drug-likeness (QED) is 0.670. The minimum Gasteiger partial charge on any atom is -0.494 e. The molecule has 3 atom stereocenters. The second-order valence-corrected chi connectivity index (χ2v) is 4.40. The van der Waals surface area contributed by atoms with Crippen molar-refractivity contribution in [3.05, 3.63) is 12.3 Å². The Kier molecular flexibility index (Phi) is 6.05. The molecule has 0 saturated carbocycles. The Balaban J connectivity index is 2.37. The molecular weight excluding hydrogens is 220 g/mol. The topological polar surface area (TPSA) is 44.8 Å². The fourth-order valence-corrected chi connectivity index (χ4v) is 1.61. The van der Waals surface area contributed by atoms with Crippen molar-refractivity contribution in [2.24, 2.45) is 5.92 Å². The summed E-state index contributed by atoms with van der Waals surface area (Å²) in [5, 5.41) is 0. The molecule has 4 nitrogen and oxygen atoms in total. The van der Waals surface area contributed by atoms with Gasteiger partial charge in [0.25, 0.3) is 0 Å². The summed E-state index contributed by atoms with van der Waals surface area (Å²) in [6.45, 7) is 6.50. The van der Waals surface area contributed by atoms with Crippen molar-refractivity contribution in [1.82, 2.24) is 0 Å². The highest BCUT2D eigenvalue weighted by Gasteiger charge is 2.25. The molecule has 0 aromatic carbocycles. The van der Waals surface area contributed by atoms with E-state index in [1.54, 1.807) is 6.26 Å². The van der Waals surface area contributed by atoms with Gasteiger partial charge in [-0.3, -0.25) is 4.79 Å². The van der Waals surface area contributed by atoms with E-state index in [4.69, 9.17) is 14.2 Å². The van der Waals surface area contributed by atoms with Gasteiger partial charge >= 0.3 is 5.97 Å². The summed E-state index contributed by atoms with van der Waals surface area (Å²) in [6.07, 6.45) is 5.73. The molecule has 0 radical (unpaired) electrons. The predicted octanol–water partition coefficient (Wildman–Crippen LogP) is 2.28. The molecule has 0 amide bonds. The first-order valence-electron chi connectivity index (χ1n) is 6.19. The van der Waals surface area contributed by atoms with Gasteiger partial charge in [0, 0.05) is 12.8 Å². The maximum Gasteiger partial charge on any atom is 0.302 e. The van der Waals surface area contributed by atoms with Crippen LogP contribution < -0.4 is 0 Å². The molecule has 0 saturated heterocycles. The zero-order chi connectivity index (χ0) is 12.7. The SMILES string of the molecule is CCC(C)OCC1CC=COC1COC(C)=O. The number of ether oxygens (including phenoxy) is 3. The third-order valence-corrected chi connectivity index (χ3v) is 2.93. The van der Waals surface area contributed by atoms with E-state index < -0.39 is 0 Å². The number of carbonyl (C=O) groups is 1. The van der Waals surface area contributed by atoms with Crippen LogP contribution in [0.15, 0.2) is 12.3 Å². The van der Waals surface area contributed by atoms with Crippen molar-refractivity contribution < 1.29 is 19.0 Å². The first kappa shape index (κ1) is 14.0. The van der Waals surface area contributed by atoms with Gasteiger partial charge < -0.3 is 14.2 Å². The summed E-state index contributed by atoms with van der Waals surface area (Å²) < 4.78 is 16.2. The monoisotopic (exact) mass is 242 g/mol. The Bertz CT molecular complexity index is 262. The lowest BCUT2D eigenvalue weighted by Gasteiger charge is -2.29. The minimum atomic E-state index is -0.273. The highest BCUT2D eigenvalue weighted by Crippen LogP contribution is 2.20. The molecule has 98 valence electrons. The summed E-state index contributed by atoms with van der Waals surface area (Å²) >= 11 is 0. The van der Waals surface area contributed by atoms with E-state index >= 15 is 0 Å². The first-order chi connectivity index (χ1) is 8.13. The number of rotatable bonds is 6. The van der Waals surface area contributed by atoms with Crippen molar-refractivity contribution >= 4 is 5.97 Å². The maximum atomic E-state index is 10.8. The smallest absolute Gasteiger partial charge is 0.302 e. The van der Waals surface area contributed by atoms with Crippen LogP contribution in [0.4, 0.5) is 0 Å². The van der Waals surface area contributed by atoms with E-state index in [0.29, 0.717) is 13.2 Å². The minimum absolute atomic E-state index is 0.0899. The Morgan fingerprint density at radius 3 is 2.94 bits per heavy atom. The second-order valence-electron chi connectivity index (χ2n) is 4.40. The Morgan fingerprint density at radius 1 is 1.53 bits per heavy atom. The summed E-state index contributed by atoms with van der Waals surface area (Å²) in [4.78, 5) is 10.8. The van der Waals surface area contributed by atoms with Gasteiger partial charge in [0.15, 0.2) is 0 Å². The zero-order valence-electron chi connectivity index (χ0n) is 10.8. The van der Waals surface area contributed by atoms with E-state index in [1.807, 2.05) is 6.08 Å². The average Bonchev–Trinajstić information content (AvgIpc) is 2.34. The summed E-state index contributed by atoms with van der Waals surface area (Å²) in [6, 6.07) is 0. The lowest BCUT2D eigenvalue weighted by Crippen LogP contribution is -2.34. The van der Waals surface area contributed by atoms with Gasteiger partial charge in [-0.2, -0.15) is 0 Å². The van der Waals surface area contributed by atoms with Crippen LogP contribution in [0.3, 0.4) is 0 Å².